The number of anilines is 1. The highest BCUT2D eigenvalue weighted by Gasteiger charge is 2.28. The van der Waals surface area contributed by atoms with Crippen molar-refractivity contribution in [3.8, 4) is 11.1 Å². The Balaban J connectivity index is 1.85. The number of benzene rings is 2. The molecule has 27 heavy (non-hydrogen) atoms. The van der Waals surface area contributed by atoms with E-state index in [1.807, 2.05) is 36.7 Å². The number of nitrogens with zero attached hydrogens (tertiary/aromatic N) is 1. The molecule has 0 aliphatic heterocycles. The fourth-order valence-electron chi connectivity index (χ4n) is 3.75. The van der Waals surface area contributed by atoms with Crippen molar-refractivity contribution in [1.29, 1.82) is 0 Å². The van der Waals surface area contributed by atoms with Gasteiger partial charge in [0.15, 0.2) is 0 Å². The van der Waals surface area contributed by atoms with E-state index in [2.05, 4.69) is 22.9 Å². The molecule has 1 aliphatic carbocycles. The van der Waals surface area contributed by atoms with E-state index in [0.717, 1.165) is 44.3 Å². The predicted molar refractivity (Wildman–Crippen MR) is 114 cm³/mol. The van der Waals surface area contributed by atoms with Gasteiger partial charge in [-0.05, 0) is 42.5 Å². The molecule has 1 N–H and O–H groups in total. The van der Waals surface area contributed by atoms with Crippen LogP contribution < -0.4 is 10.3 Å². The first kappa shape index (κ1) is 16.5. The highest BCUT2D eigenvalue weighted by molar-refractivity contribution is 7.99. The molecule has 1 fully saturated rings. The van der Waals surface area contributed by atoms with E-state index in [0.29, 0.717) is 5.92 Å². The quantitative estimate of drug-likeness (QED) is 0.477. The molecule has 4 nitrogen and oxygen atoms in total. The third kappa shape index (κ3) is 2.73. The second kappa shape index (κ2) is 6.20. The number of pyridine rings is 1. The molecule has 4 aromatic rings. The molecule has 0 spiro atoms. The summed E-state index contributed by atoms with van der Waals surface area (Å²) >= 11 is 1.57. The zero-order valence-corrected chi connectivity index (χ0v) is 16.1. The van der Waals surface area contributed by atoms with E-state index in [1.165, 1.54) is 12.8 Å². The summed E-state index contributed by atoms with van der Waals surface area (Å²) in [5, 5.41) is 2.78. The van der Waals surface area contributed by atoms with E-state index >= 15 is 0 Å². The molecule has 2 aromatic carbocycles. The van der Waals surface area contributed by atoms with Crippen molar-refractivity contribution in [1.82, 2.24) is 4.57 Å². The van der Waals surface area contributed by atoms with E-state index < -0.39 is 0 Å². The number of furan rings is 1. The molecule has 1 saturated carbocycles. The Labute approximate surface area is 161 Å². The Morgan fingerprint density at radius 3 is 2.63 bits per heavy atom. The van der Waals surface area contributed by atoms with Gasteiger partial charge in [0.2, 0.25) is 0 Å². The SMILES string of the molecule is CSNc1cc(-c2cn(C)c(=O)c3ccccc23)c2oc(C3CC3)cc2c1. The van der Waals surface area contributed by atoms with Crippen LogP contribution in [0.25, 0.3) is 32.9 Å². The summed E-state index contributed by atoms with van der Waals surface area (Å²) in [6, 6.07) is 14.2. The van der Waals surface area contributed by atoms with Crippen molar-refractivity contribution in [2.75, 3.05) is 11.0 Å². The summed E-state index contributed by atoms with van der Waals surface area (Å²) < 4.78 is 11.3. The smallest absolute Gasteiger partial charge is 0.258 e. The fraction of sp³-hybridized carbons (Fsp3) is 0.227. The molecular formula is C22H20N2O2S. The molecular weight excluding hydrogens is 356 g/mol. The second-order valence-electron chi connectivity index (χ2n) is 7.18. The number of fused-ring (bicyclic) bond motifs is 2. The fourth-order valence-corrected chi connectivity index (χ4v) is 4.10. The van der Waals surface area contributed by atoms with Crippen LogP contribution >= 0.6 is 11.9 Å². The van der Waals surface area contributed by atoms with Gasteiger partial charge in [-0.3, -0.25) is 4.79 Å². The lowest BCUT2D eigenvalue weighted by atomic mass is 9.98. The number of rotatable bonds is 4. The highest BCUT2D eigenvalue weighted by atomic mass is 32.2. The maximum Gasteiger partial charge on any atom is 0.258 e. The van der Waals surface area contributed by atoms with Crippen molar-refractivity contribution in [3.63, 3.8) is 0 Å². The normalized spacial score (nSPS) is 14.1. The number of aryl methyl sites for hydroxylation is 1. The number of hydrogen-bond acceptors (Lipinski definition) is 4. The van der Waals surface area contributed by atoms with E-state index in [1.54, 1.807) is 23.6 Å². The van der Waals surface area contributed by atoms with Gasteiger partial charge in [-0.15, -0.1) is 0 Å². The summed E-state index contributed by atoms with van der Waals surface area (Å²) in [5.74, 6) is 1.63. The first-order valence-corrected chi connectivity index (χ1v) is 10.3. The van der Waals surface area contributed by atoms with E-state index in [-0.39, 0.29) is 5.56 Å². The predicted octanol–water partition coefficient (Wildman–Crippen LogP) is 5.52. The van der Waals surface area contributed by atoms with Gasteiger partial charge in [0.1, 0.15) is 11.3 Å². The number of hydrogen-bond donors (Lipinski definition) is 1. The first-order valence-electron chi connectivity index (χ1n) is 9.11. The zero-order valence-electron chi connectivity index (χ0n) is 15.3. The Kier molecular flexibility index (Phi) is 3.79. The van der Waals surface area contributed by atoms with E-state index in [4.69, 9.17) is 4.42 Å². The molecule has 0 unspecified atom stereocenters. The maximum atomic E-state index is 12.6. The van der Waals surface area contributed by atoms with Crippen LogP contribution in [0.3, 0.4) is 0 Å². The summed E-state index contributed by atoms with van der Waals surface area (Å²) in [6.45, 7) is 0. The topological polar surface area (TPSA) is 47.2 Å². The lowest BCUT2D eigenvalue weighted by Gasteiger charge is -2.12. The van der Waals surface area contributed by atoms with Crippen LogP contribution in [0.5, 0.6) is 0 Å². The molecule has 0 radical (unpaired) electrons. The van der Waals surface area contributed by atoms with Gasteiger partial charge >= 0.3 is 0 Å². The molecule has 1 aliphatic rings. The minimum Gasteiger partial charge on any atom is -0.460 e. The van der Waals surface area contributed by atoms with Crippen LogP contribution in [0, 0.1) is 0 Å². The van der Waals surface area contributed by atoms with Crippen LogP contribution in [-0.2, 0) is 7.05 Å². The van der Waals surface area contributed by atoms with Crippen molar-refractivity contribution in [2.24, 2.45) is 7.05 Å². The standard InChI is InChI=1S/C22H20N2O2S/c1-24-12-19(16-5-3-4-6-17(16)22(24)25)18-11-15(23-27-2)9-14-10-20(13-7-8-13)26-21(14)18/h3-6,9-13,23H,7-8H2,1-2H3. The van der Waals surface area contributed by atoms with Crippen LogP contribution in [0.2, 0.25) is 0 Å². The summed E-state index contributed by atoms with van der Waals surface area (Å²) in [4.78, 5) is 12.6. The minimum atomic E-state index is 0.0158. The van der Waals surface area contributed by atoms with Crippen LogP contribution in [0.4, 0.5) is 5.69 Å². The van der Waals surface area contributed by atoms with Gasteiger partial charge in [-0.2, -0.15) is 0 Å². The molecule has 0 amide bonds. The van der Waals surface area contributed by atoms with Gasteiger partial charge in [0, 0.05) is 53.0 Å². The minimum absolute atomic E-state index is 0.0158. The molecule has 0 bridgehead atoms. The van der Waals surface area contributed by atoms with Gasteiger partial charge in [0.25, 0.3) is 5.56 Å². The molecule has 136 valence electrons. The molecule has 2 heterocycles. The Morgan fingerprint density at radius 2 is 1.89 bits per heavy atom. The van der Waals surface area contributed by atoms with Gasteiger partial charge in [-0.1, -0.05) is 30.1 Å². The van der Waals surface area contributed by atoms with Crippen molar-refractivity contribution in [2.45, 2.75) is 18.8 Å². The number of nitrogens with one attached hydrogen (secondary N) is 1. The third-order valence-corrected chi connectivity index (χ3v) is 5.66. The summed E-state index contributed by atoms with van der Waals surface area (Å²) in [7, 11) is 1.80. The number of aromatic nitrogens is 1. The van der Waals surface area contributed by atoms with E-state index in [9.17, 15) is 4.79 Å². The molecule has 2 aromatic heterocycles. The largest absolute Gasteiger partial charge is 0.460 e. The molecule has 5 rings (SSSR count). The average Bonchev–Trinajstić information content (AvgIpc) is 3.44. The first-order chi connectivity index (χ1) is 13.2. The maximum absolute atomic E-state index is 12.6. The van der Waals surface area contributed by atoms with Crippen molar-refractivity contribution in [3.05, 3.63) is 64.8 Å². The van der Waals surface area contributed by atoms with Crippen LogP contribution in [0.1, 0.15) is 24.5 Å². The van der Waals surface area contributed by atoms with Crippen LogP contribution in [-0.4, -0.2) is 10.8 Å². The Morgan fingerprint density at radius 1 is 1.11 bits per heavy atom. The molecule has 5 heteroatoms. The third-order valence-electron chi connectivity index (χ3n) is 5.22. The lowest BCUT2D eigenvalue weighted by Crippen LogP contribution is -2.16. The molecule has 0 atom stereocenters. The van der Waals surface area contributed by atoms with Crippen molar-refractivity contribution >= 4 is 39.4 Å². The summed E-state index contributed by atoms with van der Waals surface area (Å²) in [6.07, 6.45) is 6.33. The van der Waals surface area contributed by atoms with Gasteiger partial charge < -0.3 is 13.7 Å². The zero-order chi connectivity index (χ0) is 18.5. The van der Waals surface area contributed by atoms with Crippen LogP contribution in [0.15, 0.2) is 57.9 Å². The van der Waals surface area contributed by atoms with Gasteiger partial charge in [-0.25, -0.2) is 0 Å². The average molecular weight is 376 g/mol. The Hall–Kier alpha value is -2.66. The second-order valence-corrected chi connectivity index (χ2v) is 7.79. The lowest BCUT2D eigenvalue weighted by molar-refractivity contribution is 0.553. The highest BCUT2D eigenvalue weighted by Crippen LogP contribution is 2.45. The molecule has 0 saturated heterocycles. The summed E-state index contributed by atoms with van der Waals surface area (Å²) in [5.41, 5.74) is 3.97. The monoisotopic (exact) mass is 376 g/mol. The van der Waals surface area contributed by atoms with Crippen molar-refractivity contribution < 1.29 is 4.42 Å². The Bertz CT molecular complexity index is 1230. The van der Waals surface area contributed by atoms with Gasteiger partial charge in [0.05, 0.1) is 0 Å².